The molecule has 0 aromatic carbocycles. The van der Waals surface area contributed by atoms with Crippen molar-refractivity contribution >= 4 is 16.0 Å². The number of hydrogen-bond acceptors (Lipinski definition) is 5. The molecule has 7 heteroatoms. The molecule has 1 heterocycles. The van der Waals surface area contributed by atoms with E-state index >= 15 is 0 Å². The molecule has 1 fully saturated rings. The second-order valence-corrected chi connectivity index (χ2v) is 8.56. The summed E-state index contributed by atoms with van der Waals surface area (Å²) in [5.41, 5.74) is 0. The first-order valence-electron chi connectivity index (χ1n) is 8.01. The fourth-order valence-corrected chi connectivity index (χ4v) is 4.57. The van der Waals surface area contributed by atoms with Gasteiger partial charge in [0.05, 0.1) is 12.9 Å². The number of methoxy groups -OCH3 is 1. The molecule has 130 valence electrons. The van der Waals surface area contributed by atoms with E-state index in [1.54, 1.807) is 0 Å². The van der Waals surface area contributed by atoms with Crippen LogP contribution in [-0.2, 0) is 19.6 Å². The fourth-order valence-electron chi connectivity index (χ4n) is 3.24. The van der Waals surface area contributed by atoms with Gasteiger partial charge in [0.25, 0.3) is 0 Å². The summed E-state index contributed by atoms with van der Waals surface area (Å²) < 4.78 is 31.2. The van der Waals surface area contributed by atoms with E-state index in [1.807, 2.05) is 6.92 Å². The lowest BCUT2D eigenvalue weighted by Gasteiger charge is -2.36. The van der Waals surface area contributed by atoms with Crippen LogP contribution in [0, 0.1) is 11.8 Å². The minimum Gasteiger partial charge on any atom is -0.469 e. The molecule has 1 rings (SSSR count). The molecular formula is C15H30N2O4S. The maximum absolute atomic E-state index is 12.0. The van der Waals surface area contributed by atoms with Crippen LogP contribution in [0.5, 0.6) is 0 Å². The van der Waals surface area contributed by atoms with Crippen molar-refractivity contribution in [1.82, 2.24) is 9.62 Å². The second-order valence-electron chi connectivity index (χ2n) is 6.68. The lowest BCUT2D eigenvalue weighted by Crippen LogP contribution is -2.47. The molecule has 0 spiro atoms. The standard InChI is InChI=1S/C15H30N2O4S/c1-12-8-13(2)10-17(9-12)11-14(3)16-22(19,20)7-5-6-15(18)21-4/h12-14,16H,5-11H2,1-4H3/t12-,13+,14-/m1/s1. The minimum absolute atomic E-state index is 0.0424. The summed E-state index contributed by atoms with van der Waals surface area (Å²) >= 11 is 0. The van der Waals surface area contributed by atoms with Crippen LogP contribution in [0.4, 0.5) is 0 Å². The number of nitrogens with zero attached hydrogens (tertiary/aromatic N) is 1. The van der Waals surface area contributed by atoms with Crippen LogP contribution in [0.1, 0.15) is 40.0 Å². The Kier molecular flexibility index (Phi) is 7.79. The number of nitrogens with one attached hydrogen (secondary N) is 1. The first-order chi connectivity index (χ1) is 10.2. The monoisotopic (exact) mass is 334 g/mol. The highest BCUT2D eigenvalue weighted by Crippen LogP contribution is 2.20. The van der Waals surface area contributed by atoms with E-state index in [-0.39, 0.29) is 30.6 Å². The summed E-state index contributed by atoms with van der Waals surface area (Å²) in [7, 11) is -2.04. The van der Waals surface area contributed by atoms with E-state index < -0.39 is 10.0 Å². The Hall–Kier alpha value is -0.660. The van der Waals surface area contributed by atoms with Crippen LogP contribution >= 0.6 is 0 Å². The maximum Gasteiger partial charge on any atom is 0.305 e. The van der Waals surface area contributed by atoms with Gasteiger partial charge in [0.2, 0.25) is 10.0 Å². The molecule has 0 aromatic rings. The lowest BCUT2D eigenvalue weighted by molar-refractivity contribution is -0.140. The molecule has 1 saturated heterocycles. The fraction of sp³-hybridized carbons (Fsp3) is 0.933. The van der Waals surface area contributed by atoms with E-state index in [0.717, 1.165) is 19.6 Å². The Morgan fingerprint density at radius 3 is 2.45 bits per heavy atom. The number of carbonyl (C=O) groups is 1. The van der Waals surface area contributed by atoms with Gasteiger partial charge in [0, 0.05) is 32.1 Å². The highest BCUT2D eigenvalue weighted by molar-refractivity contribution is 7.89. The Bertz CT molecular complexity index is 442. The van der Waals surface area contributed by atoms with Crippen LogP contribution in [0.3, 0.4) is 0 Å². The minimum atomic E-state index is -3.35. The number of piperidine rings is 1. The third kappa shape index (κ3) is 7.56. The van der Waals surface area contributed by atoms with Crippen LogP contribution in [0.2, 0.25) is 0 Å². The molecule has 22 heavy (non-hydrogen) atoms. The Labute approximate surface area is 134 Å². The SMILES string of the molecule is COC(=O)CCCS(=O)(=O)N[C@H](C)CN1C[C@H](C)C[C@H](C)C1. The molecule has 0 unspecified atom stereocenters. The summed E-state index contributed by atoms with van der Waals surface area (Å²) in [4.78, 5) is 13.3. The van der Waals surface area contributed by atoms with Crippen LogP contribution in [0.15, 0.2) is 0 Å². The lowest BCUT2D eigenvalue weighted by atomic mass is 9.92. The number of esters is 1. The molecule has 0 aromatic heterocycles. The quantitative estimate of drug-likeness (QED) is 0.676. The van der Waals surface area contributed by atoms with E-state index in [0.29, 0.717) is 11.8 Å². The number of rotatable bonds is 8. The van der Waals surface area contributed by atoms with Gasteiger partial charge in [-0.2, -0.15) is 0 Å². The second kappa shape index (κ2) is 8.84. The zero-order chi connectivity index (χ0) is 16.8. The first-order valence-corrected chi connectivity index (χ1v) is 9.66. The Morgan fingerprint density at radius 1 is 1.32 bits per heavy atom. The molecule has 0 saturated carbocycles. The molecule has 1 N–H and O–H groups in total. The van der Waals surface area contributed by atoms with Crippen LogP contribution in [-0.4, -0.2) is 57.8 Å². The van der Waals surface area contributed by atoms with Crippen molar-refractivity contribution < 1.29 is 17.9 Å². The van der Waals surface area contributed by atoms with Crippen molar-refractivity contribution in [2.75, 3.05) is 32.5 Å². The van der Waals surface area contributed by atoms with Crippen molar-refractivity contribution in [3.8, 4) is 0 Å². The zero-order valence-corrected chi connectivity index (χ0v) is 15.0. The van der Waals surface area contributed by atoms with Gasteiger partial charge >= 0.3 is 5.97 Å². The summed E-state index contributed by atoms with van der Waals surface area (Å²) in [6, 6.07) is -0.124. The molecule has 6 nitrogen and oxygen atoms in total. The number of sulfonamides is 1. The van der Waals surface area contributed by atoms with Crippen molar-refractivity contribution in [3.63, 3.8) is 0 Å². The van der Waals surface area contributed by atoms with Crippen LogP contribution in [0.25, 0.3) is 0 Å². The zero-order valence-electron chi connectivity index (χ0n) is 14.2. The number of carbonyl (C=O) groups excluding carboxylic acids is 1. The normalized spacial score (nSPS) is 24.9. The predicted molar refractivity (Wildman–Crippen MR) is 87.0 cm³/mol. The maximum atomic E-state index is 12.0. The van der Waals surface area contributed by atoms with E-state index in [1.165, 1.54) is 13.5 Å². The molecule has 3 atom stereocenters. The molecule has 0 amide bonds. The number of hydrogen-bond donors (Lipinski definition) is 1. The number of ether oxygens (including phenoxy) is 1. The van der Waals surface area contributed by atoms with Crippen molar-refractivity contribution in [3.05, 3.63) is 0 Å². The molecule has 0 aliphatic carbocycles. The van der Waals surface area contributed by atoms with Gasteiger partial charge < -0.3 is 9.64 Å². The van der Waals surface area contributed by atoms with Gasteiger partial charge in [-0.1, -0.05) is 13.8 Å². The summed E-state index contributed by atoms with van der Waals surface area (Å²) in [5, 5.41) is 0. The van der Waals surface area contributed by atoms with Gasteiger partial charge in [-0.3, -0.25) is 4.79 Å². The average molecular weight is 334 g/mol. The van der Waals surface area contributed by atoms with E-state index in [9.17, 15) is 13.2 Å². The largest absolute Gasteiger partial charge is 0.469 e. The summed E-state index contributed by atoms with van der Waals surface area (Å²) in [6.45, 7) is 9.15. The smallest absolute Gasteiger partial charge is 0.305 e. The van der Waals surface area contributed by atoms with Gasteiger partial charge in [-0.15, -0.1) is 0 Å². The van der Waals surface area contributed by atoms with Crippen molar-refractivity contribution in [2.24, 2.45) is 11.8 Å². The molecule has 0 bridgehead atoms. The molecule has 1 aliphatic heterocycles. The third-order valence-electron chi connectivity index (χ3n) is 3.88. The highest BCUT2D eigenvalue weighted by Gasteiger charge is 2.24. The van der Waals surface area contributed by atoms with Gasteiger partial charge in [0.1, 0.15) is 0 Å². The van der Waals surface area contributed by atoms with Crippen molar-refractivity contribution in [2.45, 2.75) is 46.1 Å². The van der Waals surface area contributed by atoms with E-state index in [4.69, 9.17) is 0 Å². The average Bonchev–Trinajstić information content (AvgIpc) is 2.35. The summed E-state index contributed by atoms with van der Waals surface area (Å²) in [6.07, 6.45) is 1.66. The molecular weight excluding hydrogens is 304 g/mol. The van der Waals surface area contributed by atoms with Crippen LogP contribution < -0.4 is 4.72 Å². The van der Waals surface area contributed by atoms with Gasteiger partial charge in [-0.05, 0) is 31.6 Å². The molecule has 1 aliphatic rings. The highest BCUT2D eigenvalue weighted by atomic mass is 32.2. The van der Waals surface area contributed by atoms with E-state index in [2.05, 4.69) is 28.2 Å². The first kappa shape index (κ1) is 19.4. The van der Waals surface area contributed by atoms with Crippen molar-refractivity contribution in [1.29, 1.82) is 0 Å². The Balaban J connectivity index is 2.36. The predicted octanol–water partition coefficient (Wildman–Crippen LogP) is 1.23. The third-order valence-corrected chi connectivity index (χ3v) is 5.47. The molecule has 0 radical (unpaired) electrons. The Morgan fingerprint density at radius 2 is 1.91 bits per heavy atom. The summed E-state index contributed by atoms with van der Waals surface area (Å²) in [5.74, 6) is 0.902. The number of likely N-dealkylation sites (tertiary alicyclic amines) is 1. The van der Waals surface area contributed by atoms with Gasteiger partial charge in [-0.25, -0.2) is 13.1 Å². The van der Waals surface area contributed by atoms with Gasteiger partial charge in [0.15, 0.2) is 0 Å². The topological polar surface area (TPSA) is 75.7 Å².